The van der Waals surface area contributed by atoms with Gasteiger partial charge in [0.2, 0.25) is 0 Å². The first-order valence-corrected chi connectivity index (χ1v) is 9.56. The summed E-state index contributed by atoms with van der Waals surface area (Å²) in [6, 6.07) is 13.5. The van der Waals surface area contributed by atoms with Gasteiger partial charge in [-0.1, -0.05) is 30.3 Å². The molecule has 0 aliphatic carbocycles. The van der Waals surface area contributed by atoms with Crippen LogP contribution in [0.4, 0.5) is 0 Å². The number of rotatable bonds is 4. The second kappa shape index (κ2) is 7.52. The molecule has 1 fully saturated rings. The van der Waals surface area contributed by atoms with Crippen molar-refractivity contribution in [3.05, 3.63) is 65.0 Å². The van der Waals surface area contributed by atoms with Gasteiger partial charge in [0.25, 0.3) is 5.91 Å². The van der Waals surface area contributed by atoms with Gasteiger partial charge in [0.15, 0.2) is 0 Å². The summed E-state index contributed by atoms with van der Waals surface area (Å²) in [5.74, 6) is 0.725. The van der Waals surface area contributed by atoms with Crippen LogP contribution < -0.4 is 4.74 Å². The van der Waals surface area contributed by atoms with Crippen molar-refractivity contribution in [1.82, 2.24) is 19.7 Å². The van der Waals surface area contributed by atoms with Crippen LogP contribution in [0.25, 0.3) is 11.3 Å². The minimum absolute atomic E-state index is 0.0212. The summed E-state index contributed by atoms with van der Waals surface area (Å²) in [6.07, 6.45) is 4.16. The van der Waals surface area contributed by atoms with Gasteiger partial charge in [0.1, 0.15) is 17.5 Å². The Bertz CT molecular complexity index is 958. The number of nitrogens with zero attached hydrogens (tertiary/aromatic N) is 4. The number of pyridine rings is 1. The van der Waals surface area contributed by atoms with Crippen molar-refractivity contribution in [2.75, 3.05) is 13.1 Å². The smallest absolute Gasteiger partial charge is 0.272 e. The molecule has 138 valence electrons. The van der Waals surface area contributed by atoms with E-state index in [1.54, 1.807) is 24.1 Å². The average Bonchev–Trinajstić information content (AvgIpc) is 3.31. The van der Waals surface area contributed by atoms with Crippen molar-refractivity contribution < 1.29 is 9.53 Å². The molecule has 6 nitrogen and oxygen atoms in total. The van der Waals surface area contributed by atoms with Crippen LogP contribution in [0.2, 0.25) is 0 Å². The number of hydrogen-bond acceptors (Lipinski definition) is 4. The molecule has 3 heterocycles. The average molecular weight is 427 g/mol. The Balaban J connectivity index is 1.46. The van der Waals surface area contributed by atoms with E-state index in [-0.39, 0.29) is 12.0 Å². The maximum absolute atomic E-state index is 13.0. The molecule has 1 saturated heterocycles. The summed E-state index contributed by atoms with van der Waals surface area (Å²) < 4.78 is 8.49. The van der Waals surface area contributed by atoms with Gasteiger partial charge in [-0.15, -0.1) is 0 Å². The second-order valence-electron chi connectivity index (χ2n) is 6.49. The quantitative estimate of drug-likeness (QED) is 0.639. The largest absolute Gasteiger partial charge is 0.487 e. The Hall–Kier alpha value is -2.67. The molecule has 7 heteroatoms. The highest BCUT2D eigenvalue weighted by atomic mass is 79.9. The zero-order valence-corrected chi connectivity index (χ0v) is 16.5. The number of benzene rings is 1. The van der Waals surface area contributed by atoms with Crippen LogP contribution in [0, 0.1) is 0 Å². The van der Waals surface area contributed by atoms with E-state index in [9.17, 15) is 4.79 Å². The van der Waals surface area contributed by atoms with Crippen LogP contribution >= 0.6 is 15.9 Å². The van der Waals surface area contributed by atoms with E-state index in [1.807, 2.05) is 47.4 Å². The number of carbonyl (C=O) groups is 1. The molecule has 3 aromatic rings. The SMILES string of the molecule is Cn1nc(-c2ccccc2)cc1C(=O)N1CCC(Oc2ccncc2Br)C1. The monoisotopic (exact) mass is 426 g/mol. The Morgan fingerprint density at radius 3 is 2.85 bits per heavy atom. The van der Waals surface area contributed by atoms with Crippen molar-refractivity contribution in [2.45, 2.75) is 12.5 Å². The summed E-state index contributed by atoms with van der Waals surface area (Å²) in [4.78, 5) is 18.8. The summed E-state index contributed by atoms with van der Waals surface area (Å²) in [5, 5.41) is 4.50. The second-order valence-corrected chi connectivity index (χ2v) is 7.34. The van der Waals surface area contributed by atoms with Crippen LogP contribution in [0.1, 0.15) is 16.9 Å². The van der Waals surface area contributed by atoms with Crippen molar-refractivity contribution in [3.63, 3.8) is 0 Å². The molecule has 0 bridgehead atoms. The number of likely N-dealkylation sites (tertiary alicyclic amines) is 1. The predicted molar refractivity (Wildman–Crippen MR) is 106 cm³/mol. The third-order valence-corrected chi connectivity index (χ3v) is 5.23. The highest BCUT2D eigenvalue weighted by Crippen LogP contribution is 2.27. The highest BCUT2D eigenvalue weighted by Gasteiger charge is 2.30. The number of ether oxygens (including phenoxy) is 1. The normalized spacial score (nSPS) is 16.5. The van der Waals surface area contributed by atoms with Crippen molar-refractivity contribution in [3.8, 4) is 17.0 Å². The van der Waals surface area contributed by atoms with Gasteiger partial charge in [-0.25, -0.2) is 0 Å². The molecule has 0 spiro atoms. The number of carbonyl (C=O) groups excluding carboxylic acids is 1. The summed E-state index contributed by atoms with van der Waals surface area (Å²) >= 11 is 3.44. The van der Waals surface area contributed by atoms with Crippen LogP contribution in [0.3, 0.4) is 0 Å². The fraction of sp³-hybridized carbons (Fsp3) is 0.250. The van der Waals surface area contributed by atoms with Crippen LogP contribution in [-0.4, -0.2) is 44.8 Å². The van der Waals surface area contributed by atoms with Gasteiger partial charge in [0, 0.05) is 38.0 Å². The lowest BCUT2D eigenvalue weighted by Gasteiger charge is -2.17. The van der Waals surface area contributed by atoms with Gasteiger partial charge in [-0.3, -0.25) is 14.5 Å². The van der Waals surface area contributed by atoms with Crippen molar-refractivity contribution in [2.24, 2.45) is 7.05 Å². The number of halogens is 1. The standard InChI is InChI=1S/C20H19BrN4O2/c1-24-18(11-17(23-24)14-5-3-2-4-6-14)20(26)25-10-8-15(13-25)27-19-7-9-22-12-16(19)21/h2-7,9,11-12,15H,8,10,13H2,1H3. The predicted octanol–water partition coefficient (Wildman–Crippen LogP) is 3.54. The molecule has 2 aromatic heterocycles. The summed E-state index contributed by atoms with van der Waals surface area (Å²) in [5.41, 5.74) is 2.38. The lowest BCUT2D eigenvalue weighted by Crippen LogP contribution is -2.32. The molecule has 27 heavy (non-hydrogen) atoms. The molecular weight excluding hydrogens is 408 g/mol. The minimum Gasteiger partial charge on any atom is -0.487 e. The lowest BCUT2D eigenvalue weighted by molar-refractivity contribution is 0.0761. The van der Waals surface area contributed by atoms with Crippen LogP contribution in [0.5, 0.6) is 5.75 Å². The maximum Gasteiger partial charge on any atom is 0.272 e. The number of hydrogen-bond donors (Lipinski definition) is 0. The number of aryl methyl sites for hydroxylation is 1. The van der Waals surface area contributed by atoms with Crippen molar-refractivity contribution >= 4 is 21.8 Å². The molecule has 1 atom stereocenters. The van der Waals surface area contributed by atoms with E-state index < -0.39 is 0 Å². The molecule has 1 aromatic carbocycles. The molecule has 0 saturated carbocycles. The van der Waals surface area contributed by atoms with E-state index in [2.05, 4.69) is 26.0 Å². The molecule has 1 aliphatic heterocycles. The molecule has 0 radical (unpaired) electrons. The van der Waals surface area contributed by atoms with Gasteiger partial charge in [0.05, 0.1) is 16.7 Å². The summed E-state index contributed by atoms with van der Waals surface area (Å²) in [6.45, 7) is 1.22. The molecule has 1 amide bonds. The number of aromatic nitrogens is 3. The van der Waals surface area contributed by atoms with E-state index in [0.29, 0.717) is 18.8 Å². The zero-order valence-electron chi connectivity index (χ0n) is 14.9. The fourth-order valence-electron chi connectivity index (χ4n) is 3.23. The number of amides is 1. The van der Waals surface area contributed by atoms with Gasteiger partial charge >= 0.3 is 0 Å². The Morgan fingerprint density at radius 1 is 1.26 bits per heavy atom. The Kier molecular flexibility index (Phi) is 4.94. The van der Waals surface area contributed by atoms with Crippen molar-refractivity contribution in [1.29, 1.82) is 0 Å². The zero-order chi connectivity index (χ0) is 18.8. The van der Waals surface area contributed by atoms with Crippen LogP contribution in [-0.2, 0) is 7.05 Å². The first-order chi connectivity index (χ1) is 13.1. The van der Waals surface area contributed by atoms with E-state index in [0.717, 1.165) is 27.9 Å². The first-order valence-electron chi connectivity index (χ1n) is 8.77. The maximum atomic E-state index is 13.0. The topological polar surface area (TPSA) is 60.2 Å². The molecule has 1 unspecified atom stereocenters. The van der Waals surface area contributed by atoms with Gasteiger partial charge in [-0.05, 0) is 28.1 Å². The van der Waals surface area contributed by atoms with E-state index in [4.69, 9.17) is 4.74 Å². The lowest BCUT2D eigenvalue weighted by atomic mass is 10.1. The highest BCUT2D eigenvalue weighted by molar-refractivity contribution is 9.10. The molecular formula is C20H19BrN4O2. The fourth-order valence-corrected chi connectivity index (χ4v) is 3.57. The van der Waals surface area contributed by atoms with Gasteiger partial charge < -0.3 is 9.64 Å². The van der Waals surface area contributed by atoms with E-state index >= 15 is 0 Å². The van der Waals surface area contributed by atoms with E-state index in [1.165, 1.54) is 0 Å². The third kappa shape index (κ3) is 3.73. The van der Waals surface area contributed by atoms with Crippen LogP contribution in [0.15, 0.2) is 59.3 Å². The molecule has 0 N–H and O–H groups in total. The van der Waals surface area contributed by atoms with Gasteiger partial charge in [-0.2, -0.15) is 5.10 Å². The Labute approximate surface area is 165 Å². The first kappa shape index (κ1) is 17.7. The minimum atomic E-state index is -0.0329. The molecule has 1 aliphatic rings. The molecule has 4 rings (SSSR count). The third-order valence-electron chi connectivity index (χ3n) is 4.63. The summed E-state index contributed by atoms with van der Waals surface area (Å²) in [7, 11) is 1.80. The Morgan fingerprint density at radius 2 is 2.07 bits per heavy atom.